The largest absolute Gasteiger partial charge is 0.391 e. The number of hydrogen-bond acceptors (Lipinski definition) is 2. The molecule has 0 aliphatic heterocycles. The molecule has 0 heterocycles. The molecule has 110 valence electrons. The van der Waals surface area contributed by atoms with Crippen molar-refractivity contribution in [1.29, 1.82) is 0 Å². The SMILES string of the molecule is CN(CC(O)C1CC1)C(=O)CCc1cc(F)ccc1F. The zero-order chi connectivity index (χ0) is 14.7. The minimum absolute atomic E-state index is 0.105. The van der Waals surface area contributed by atoms with Gasteiger partial charge in [0.1, 0.15) is 11.6 Å². The molecule has 0 bridgehead atoms. The van der Waals surface area contributed by atoms with Gasteiger partial charge >= 0.3 is 0 Å². The number of aliphatic hydroxyl groups is 1. The van der Waals surface area contributed by atoms with Gasteiger partial charge in [0.2, 0.25) is 5.91 Å². The van der Waals surface area contributed by atoms with Crippen molar-refractivity contribution in [2.45, 2.75) is 31.8 Å². The summed E-state index contributed by atoms with van der Waals surface area (Å²) in [6.45, 7) is 0.301. The Labute approximate surface area is 117 Å². The first kappa shape index (κ1) is 14.9. The molecule has 20 heavy (non-hydrogen) atoms. The Kier molecular flexibility index (Phi) is 4.70. The van der Waals surface area contributed by atoms with Crippen LogP contribution in [0.25, 0.3) is 0 Å². The van der Waals surface area contributed by atoms with Crippen LogP contribution in [0.15, 0.2) is 18.2 Å². The summed E-state index contributed by atoms with van der Waals surface area (Å²) in [6, 6.07) is 3.23. The Morgan fingerprint density at radius 3 is 2.80 bits per heavy atom. The maximum atomic E-state index is 13.4. The van der Waals surface area contributed by atoms with E-state index in [-0.39, 0.29) is 24.3 Å². The van der Waals surface area contributed by atoms with Gasteiger partial charge in [0.25, 0.3) is 0 Å². The molecular weight excluding hydrogens is 264 g/mol. The van der Waals surface area contributed by atoms with E-state index in [9.17, 15) is 18.7 Å². The first-order valence-electron chi connectivity index (χ1n) is 6.83. The van der Waals surface area contributed by atoms with Crippen LogP contribution in [-0.2, 0) is 11.2 Å². The fourth-order valence-electron chi connectivity index (χ4n) is 2.18. The molecule has 0 saturated heterocycles. The molecule has 0 aromatic heterocycles. The van der Waals surface area contributed by atoms with Gasteiger partial charge < -0.3 is 10.0 Å². The fourth-order valence-corrected chi connectivity index (χ4v) is 2.18. The van der Waals surface area contributed by atoms with Crippen LogP contribution in [0.3, 0.4) is 0 Å². The lowest BCUT2D eigenvalue weighted by atomic mass is 10.1. The molecular formula is C15H19F2NO2. The van der Waals surface area contributed by atoms with Crippen molar-refractivity contribution in [3.05, 3.63) is 35.4 Å². The smallest absolute Gasteiger partial charge is 0.222 e. The Bertz CT molecular complexity index is 489. The van der Waals surface area contributed by atoms with Crippen LogP contribution in [-0.4, -0.2) is 35.6 Å². The molecule has 0 spiro atoms. The zero-order valence-corrected chi connectivity index (χ0v) is 11.5. The summed E-state index contributed by atoms with van der Waals surface area (Å²) in [5, 5.41) is 9.77. The van der Waals surface area contributed by atoms with Gasteiger partial charge in [-0.05, 0) is 48.9 Å². The zero-order valence-electron chi connectivity index (χ0n) is 11.5. The quantitative estimate of drug-likeness (QED) is 0.869. The summed E-state index contributed by atoms with van der Waals surface area (Å²) in [7, 11) is 1.62. The number of hydrogen-bond donors (Lipinski definition) is 1. The summed E-state index contributed by atoms with van der Waals surface area (Å²) in [6.07, 6.45) is 1.81. The highest BCUT2D eigenvalue weighted by Gasteiger charge is 2.31. The van der Waals surface area contributed by atoms with E-state index in [1.807, 2.05) is 0 Å². The van der Waals surface area contributed by atoms with Gasteiger partial charge in [-0.3, -0.25) is 4.79 Å². The maximum Gasteiger partial charge on any atom is 0.222 e. The number of carbonyl (C=O) groups excluding carboxylic acids is 1. The van der Waals surface area contributed by atoms with Crippen LogP contribution in [0.1, 0.15) is 24.8 Å². The number of aliphatic hydroxyl groups excluding tert-OH is 1. The summed E-state index contributed by atoms with van der Waals surface area (Å²) in [5.41, 5.74) is 0.203. The Morgan fingerprint density at radius 1 is 1.45 bits per heavy atom. The van der Waals surface area contributed by atoms with Crippen molar-refractivity contribution >= 4 is 5.91 Å². The first-order valence-corrected chi connectivity index (χ1v) is 6.83. The third-order valence-corrected chi connectivity index (χ3v) is 3.67. The maximum absolute atomic E-state index is 13.4. The Morgan fingerprint density at radius 2 is 2.15 bits per heavy atom. The number of halogens is 2. The molecule has 1 aliphatic rings. The van der Waals surface area contributed by atoms with Crippen molar-refractivity contribution in [3.8, 4) is 0 Å². The van der Waals surface area contributed by atoms with Gasteiger partial charge in [0.05, 0.1) is 6.10 Å². The third-order valence-electron chi connectivity index (χ3n) is 3.67. The molecule has 1 N–H and O–H groups in total. The molecule has 0 radical (unpaired) electrons. The van der Waals surface area contributed by atoms with E-state index in [2.05, 4.69) is 0 Å². The topological polar surface area (TPSA) is 40.5 Å². The molecule has 1 aromatic rings. The number of nitrogens with zero attached hydrogens (tertiary/aromatic N) is 1. The highest BCUT2D eigenvalue weighted by Crippen LogP contribution is 2.32. The molecule has 1 unspecified atom stereocenters. The molecule has 3 nitrogen and oxygen atoms in total. The summed E-state index contributed by atoms with van der Waals surface area (Å²) in [4.78, 5) is 13.3. The molecule has 5 heteroatoms. The van der Waals surface area contributed by atoms with Crippen molar-refractivity contribution in [1.82, 2.24) is 4.90 Å². The average molecular weight is 283 g/mol. The van der Waals surface area contributed by atoms with Gasteiger partial charge in [-0.15, -0.1) is 0 Å². The minimum Gasteiger partial charge on any atom is -0.391 e. The van der Waals surface area contributed by atoms with Crippen molar-refractivity contribution in [2.24, 2.45) is 5.92 Å². The van der Waals surface area contributed by atoms with E-state index in [1.54, 1.807) is 7.05 Å². The number of carbonyl (C=O) groups is 1. The van der Waals surface area contributed by atoms with E-state index in [1.165, 1.54) is 4.90 Å². The third kappa shape index (κ3) is 4.00. The van der Waals surface area contributed by atoms with Crippen LogP contribution in [0.4, 0.5) is 8.78 Å². The number of rotatable bonds is 6. The number of benzene rings is 1. The standard InChI is InChI=1S/C15H19F2NO2/c1-18(9-14(19)10-2-3-10)15(20)7-4-11-8-12(16)5-6-13(11)17/h5-6,8,10,14,19H,2-4,7,9H2,1H3. The van der Waals surface area contributed by atoms with E-state index in [0.717, 1.165) is 31.0 Å². The lowest BCUT2D eigenvalue weighted by Gasteiger charge is -2.20. The van der Waals surface area contributed by atoms with Crippen LogP contribution in [0.5, 0.6) is 0 Å². The molecule has 1 aliphatic carbocycles. The Hall–Kier alpha value is -1.49. The molecule has 1 aromatic carbocycles. The fraction of sp³-hybridized carbons (Fsp3) is 0.533. The second-order valence-electron chi connectivity index (χ2n) is 5.41. The number of likely N-dealkylation sites (N-methyl/N-ethyl adjacent to an activating group) is 1. The van der Waals surface area contributed by atoms with E-state index < -0.39 is 17.7 Å². The van der Waals surface area contributed by atoms with Crippen LogP contribution in [0.2, 0.25) is 0 Å². The van der Waals surface area contributed by atoms with Crippen molar-refractivity contribution < 1.29 is 18.7 Å². The lowest BCUT2D eigenvalue weighted by Crippen LogP contribution is -2.35. The van der Waals surface area contributed by atoms with Gasteiger partial charge in [0, 0.05) is 20.0 Å². The van der Waals surface area contributed by atoms with Gasteiger partial charge in [-0.1, -0.05) is 0 Å². The highest BCUT2D eigenvalue weighted by molar-refractivity contribution is 5.76. The molecule has 1 fully saturated rings. The van der Waals surface area contributed by atoms with Gasteiger partial charge in [-0.2, -0.15) is 0 Å². The summed E-state index contributed by atoms with van der Waals surface area (Å²) < 4.78 is 26.4. The van der Waals surface area contributed by atoms with Gasteiger partial charge in [-0.25, -0.2) is 8.78 Å². The molecule has 1 atom stereocenters. The molecule has 2 rings (SSSR count). The van der Waals surface area contributed by atoms with Crippen molar-refractivity contribution in [2.75, 3.05) is 13.6 Å². The first-order chi connectivity index (χ1) is 9.47. The minimum atomic E-state index is -0.508. The monoisotopic (exact) mass is 283 g/mol. The van der Waals surface area contributed by atoms with E-state index >= 15 is 0 Å². The van der Waals surface area contributed by atoms with Crippen LogP contribution in [0, 0.1) is 17.6 Å². The number of aryl methyl sites for hydroxylation is 1. The lowest BCUT2D eigenvalue weighted by molar-refractivity contribution is -0.131. The number of amides is 1. The van der Waals surface area contributed by atoms with E-state index in [4.69, 9.17) is 0 Å². The predicted molar refractivity (Wildman–Crippen MR) is 71.0 cm³/mol. The molecule has 1 saturated carbocycles. The second kappa shape index (κ2) is 6.31. The summed E-state index contributed by atoms with van der Waals surface area (Å²) >= 11 is 0. The van der Waals surface area contributed by atoms with Crippen molar-refractivity contribution in [3.63, 3.8) is 0 Å². The predicted octanol–water partition coefficient (Wildman–Crippen LogP) is 2.13. The van der Waals surface area contributed by atoms with Crippen LogP contribution < -0.4 is 0 Å². The van der Waals surface area contributed by atoms with E-state index in [0.29, 0.717) is 12.5 Å². The normalized spacial score (nSPS) is 16.0. The van der Waals surface area contributed by atoms with Gasteiger partial charge in [0.15, 0.2) is 0 Å². The summed E-state index contributed by atoms with van der Waals surface area (Å²) in [5.74, 6) is -0.870. The second-order valence-corrected chi connectivity index (χ2v) is 5.41. The average Bonchev–Trinajstić information content (AvgIpc) is 3.23. The Balaban J connectivity index is 1.83. The van der Waals surface area contributed by atoms with Crippen LogP contribution >= 0.6 is 0 Å². The highest BCUT2D eigenvalue weighted by atomic mass is 19.1. The molecule has 1 amide bonds.